The van der Waals surface area contributed by atoms with Crippen molar-refractivity contribution in [2.24, 2.45) is 17.3 Å². The molecule has 2 aromatic carbocycles. The normalized spacial score (nSPS) is 30.1. The Balaban J connectivity index is 1.32. The van der Waals surface area contributed by atoms with Gasteiger partial charge in [0.2, 0.25) is 0 Å². The van der Waals surface area contributed by atoms with Gasteiger partial charge < -0.3 is 10.2 Å². The number of halogens is 1. The van der Waals surface area contributed by atoms with Gasteiger partial charge in [-0.3, -0.25) is 0 Å². The Bertz CT molecular complexity index is 1280. The second-order valence-corrected chi connectivity index (χ2v) is 12.3. The molecule has 0 heterocycles. The number of fused-ring (bicyclic) bond motifs is 1. The quantitative estimate of drug-likeness (QED) is 0.347. The van der Waals surface area contributed by atoms with Crippen molar-refractivity contribution < 1.29 is 14.6 Å². The molecule has 0 aromatic heterocycles. The van der Waals surface area contributed by atoms with Gasteiger partial charge in [-0.1, -0.05) is 117 Å². The first-order valence-electron chi connectivity index (χ1n) is 14.8. The van der Waals surface area contributed by atoms with Crippen LogP contribution in [0.15, 0.2) is 120 Å². The Kier molecular flexibility index (Phi) is 8.44. The average molecular weight is 539 g/mol. The monoisotopic (exact) mass is 538 g/mol. The lowest BCUT2D eigenvalue weighted by Crippen LogP contribution is -2.32. The first-order chi connectivity index (χ1) is 19.2. The van der Waals surface area contributed by atoms with E-state index >= 15 is 0 Å². The third kappa shape index (κ3) is 5.60. The van der Waals surface area contributed by atoms with E-state index in [9.17, 15) is 14.6 Å². The lowest BCUT2D eigenvalue weighted by Gasteiger charge is -2.42. The minimum Gasteiger partial charge on any atom is -0.393 e. The van der Waals surface area contributed by atoms with Crippen molar-refractivity contribution in [2.45, 2.75) is 76.7 Å². The molecule has 0 spiro atoms. The molecule has 2 aromatic rings. The van der Waals surface area contributed by atoms with Gasteiger partial charge in [-0.15, -0.1) is 0 Å². The summed E-state index contributed by atoms with van der Waals surface area (Å²) in [6.07, 6.45) is 14.9. The van der Waals surface area contributed by atoms with Crippen LogP contribution in [0.3, 0.4) is 0 Å². The van der Waals surface area contributed by atoms with Crippen LogP contribution in [0.5, 0.6) is 0 Å². The molecule has 2 saturated carbocycles. The molecule has 0 radical (unpaired) electrons. The summed E-state index contributed by atoms with van der Waals surface area (Å²) in [5.41, 5.74) is 4.98. The van der Waals surface area contributed by atoms with Gasteiger partial charge in [0.05, 0.1) is 6.10 Å². The Morgan fingerprint density at radius 1 is 1.07 bits per heavy atom. The maximum Gasteiger partial charge on any atom is 0.133 e. The minimum absolute atomic E-state index is 0.108. The van der Waals surface area contributed by atoms with E-state index in [4.69, 9.17) is 0 Å². The molecular formula is C37H43FO2. The highest BCUT2D eigenvalue weighted by Gasteiger charge is 2.45. The number of aliphatic hydroxyl groups is 2. The third-order valence-corrected chi connectivity index (χ3v) is 9.64. The number of aliphatic hydroxyl groups excluding tert-OH is 1. The summed E-state index contributed by atoms with van der Waals surface area (Å²) in [6.45, 7) is 8.68. The molecule has 2 N–H and O–H groups in total. The number of hydrogen-bond donors (Lipinski definition) is 2. The van der Waals surface area contributed by atoms with Crippen molar-refractivity contribution in [2.75, 3.05) is 0 Å². The van der Waals surface area contributed by atoms with Crippen molar-refractivity contribution in [1.82, 2.24) is 0 Å². The molecule has 2 fully saturated rings. The molecule has 5 atom stereocenters. The van der Waals surface area contributed by atoms with E-state index < -0.39 is 17.9 Å². The first-order valence-corrected chi connectivity index (χ1v) is 14.8. The lowest BCUT2D eigenvalue weighted by molar-refractivity contribution is 0.124. The van der Waals surface area contributed by atoms with Crippen LogP contribution in [-0.2, 0) is 5.60 Å². The van der Waals surface area contributed by atoms with E-state index in [1.165, 1.54) is 17.6 Å². The van der Waals surface area contributed by atoms with Gasteiger partial charge in [-0.05, 0) is 84.1 Å². The van der Waals surface area contributed by atoms with Crippen LogP contribution in [0.25, 0.3) is 0 Å². The molecule has 3 heteroatoms. The molecular weight excluding hydrogens is 495 g/mol. The average Bonchev–Trinajstić information content (AvgIpc) is 3.32. The van der Waals surface area contributed by atoms with Gasteiger partial charge in [0, 0.05) is 6.42 Å². The van der Waals surface area contributed by atoms with Crippen LogP contribution in [0.1, 0.15) is 69.9 Å². The second kappa shape index (κ2) is 11.8. The van der Waals surface area contributed by atoms with Gasteiger partial charge in [0.1, 0.15) is 11.8 Å². The van der Waals surface area contributed by atoms with E-state index in [1.807, 2.05) is 72.8 Å². The zero-order valence-electron chi connectivity index (χ0n) is 23.9. The summed E-state index contributed by atoms with van der Waals surface area (Å²) in [7, 11) is 0. The maximum absolute atomic E-state index is 14.3. The molecule has 5 unspecified atom stereocenters. The molecule has 5 rings (SSSR count). The molecule has 2 nitrogen and oxygen atoms in total. The summed E-state index contributed by atoms with van der Waals surface area (Å²) in [5.74, 6) is 0.813. The third-order valence-electron chi connectivity index (χ3n) is 9.64. The van der Waals surface area contributed by atoms with Crippen molar-refractivity contribution in [1.29, 1.82) is 0 Å². The highest BCUT2D eigenvalue weighted by Crippen LogP contribution is 2.57. The molecule has 40 heavy (non-hydrogen) atoms. The van der Waals surface area contributed by atoms with E-state index in [0.29, 0.717) is 23.8 Å². The maximum atomic E-state index is 14.3. The van der Waals surface area contributed by atoms with Crippen LogP contribution in [0.4, 0.5) is 4.39 Å². The summed E-state index contributed by atoms with van der Waals surface area (Å²) in [4.78, 5) is 0. The topological polar surface area (TPSA) is 40.5 Å². The van der Waals surface area contributed by atoms with Crippen LogP contribution >= 0.6 is 0 Å². The van der Waals surface area contributed by atoms with Crippen molar-refractivity contribution in [3.8, 4) is 0 Å². The van der Waals surface area contributed by atoms with Gasteiger partial charge in [-0.2, -0.15) is 0 Å². The van der Waals surface area contributed by atoms with Crippen LogP contribution in [-0.4, -0.2) is 22.5 Å². The summed E-state index contributed by atoms with van der Waals surface area (Å²) in [6, 6.07) is 19.7. The molecule has 0 bridgehead atoms. The van der Waals surface area contributed by atoms with Crippen LogP contribution in [0, 0.1) is 17.3 Å². The molecule has 0 amide bonds. The van der Waals surface area contributed by atoms with Crippen molar-refractivity contribution >= 4 is 0 Å². The summed E-state index contributed by atoms with van der Waals surface area (Å²) in [5, 5.41) is 21.9. The summed E-state index contributed by atoms with van der Waals surface area (Å²) < 4.78 is 14.3. The second-order valence-electron chi connectivity index (χ2n) is 12.3. The highest BCUT2D eigenvalue weighted by atomic mass is 19.1. The van der Waals surface area contributed by atoms with Crippen molar-refractivity contribution in [3.63, 3.8) is 0 Å². The zero-order chi connectivity index (χ0) is 28.3. The van der Waals surface area contributed by atoms with E-state index in [2.05, 4.69) is 38.7 Å². The minimum atomic E-state index is -1.18. The van der Waals surface area contributed by atoms with Crippen molar-refractivity contribution in [3.05, 3.63) is 131 Å². The van der Waals surface area contributed by atoms with Gasteiger partial charge in [-0.25, -0.2) is 4.39 Å². The standard InChI is InChI=1S/C37H43FO2/c1-26(12-10-23-37(40,30-14-6-4-7-15-30)31-16-8-5-9-17-31)33-20-21-34-28(13-11-22-36(33,34)3)18-19-29-24-32(39)25-35(38)27(29)2/h4-10,14-20,23,26,32,34-35,39-40H,2,11-13,21-22,24-25H2,1,3H3/b23-10+,28-18-,29-19+. The zero-order valence-corrected chi connectivity index (χ0v) is 23.9. The summed E-state index contributed by atoms with van der Waals surface area (Å²) >= 11 is 0. The smallest absolute Gasteiger partial charge is 0.133 e. The number of alkyl halides is 1. The lowest BCUT2D eigenvalue weighted by atomic mass is 9.62. The Morgan fingerprint density at radius 2 is 1.73 bits per heavy atom. The van der Waals surface area contributed by atoms with E-state index in [1.54, 1.807) is 0 Å². The Labute approximate surface area is 239 Å². The number of allylic oxidation sites excluding steroid dienone is 7. The van der Waals surface area contributed by atoms with Crippen LogP contribution < -0.4 is 0 Å². The van der Waals surface area contributed by atoms with Gasteiger partial charge in [0.25, 0.3) is 0 Å². The largest absolute Gasteiger partial charge is 0.393 e. The first kappa shape index (κ1) is 28.5. The predicted molar refractivity (Wildman–Crippen MR) is 162 cm³/mol. The molecule has 210 valence electrons. The molecule has 0 aliphatic heterocycles. The fourth-order valence-electron chi connectivity index (χ4n) is 7.36. The Hall–Kier alpha value is -3.01. The van der Waals surface area contributed by atoms with Crippen LogP contribution in [0.2, 0.25) is 0 Å². The van der Waals surface area contributed by atoms with Gasteiger partial charge >= 0.3 is 0 Å². The Morgan fingerprint density at radius 3 is 2.38 bits per heavy atom. The number of rotatable bonds is 7. The fraction of sp³-hybridized carbons (Fsp3) is 0.405. The number of benzene rings is 2. The predicted octanol–water partition coefficient (Wildman–Crippen LogP) is 8.54. The van der Waals surface area contributed by atoms with E-state index in [0.717, 1.165) is 42.4 Å². The SMILES string of the molecule is C=C1/C(=C/C=C2/CCCC3(C)C(C(C)C/C=C/C(O)(c4ccccc4)c4ccccc4)=CCC23)CC(O)CC1F. The molecule has 3 aliphatic rings. The van der Waals surface area contributed by atoms with E-state index in [-0.39, 0.29) is 11.8 Å². The highest BCUT2D eigenvalue weighted by molar-refractivity contribution is 5.42. The molecule has 3 aliphatic carbocycles. The number of hydrogen-bond acceptors (Lipinski definition) is 2. The van der Waals surface area contributed by atoms with Gasteiger partial charge in [0.15, 0.2) is 0 Å². The molecule has 0 saturated heterocycles. The fourth-order valence-corrected chi connectivity index (χ4v) is 7.36.